The van der Waals surface area contributed by atoms with Crippen molar-refractivity contribution in [1.82, 2.24) is 20.2 Å². The molecule has 0 saturated carbocycles. The number of halogens is 5. The standard InChI is InChI=1S/C23H20F5N5O3/c1-3-17(23(26,27)28)30-21(35)14-10-32(16-6-4-12(24)8-15(16)25)20-13(19(14)34)5-7-18(31-20)33-9-11(2)29-22(33)36/h4-8,10-11,17H,3,9H2,1-2H3,(H,29,36)(H,30,35). The lowest BCUT2D eigenvalue weighted by atomic mass is 10.1. The van der Waals surface area contributed by atoms with E-state index in [0.717, 1.165) is 22.9 Å². The molecule has 2 aromatic heterocycles. The van der Waals surface area contributed by atoms with Crippen molar-refractivity contribution in [2.75, 3.05) is 11.4 Å². The molecule has 2 atom stereocenters. The van der Waals surface area contributed by atoms with Crippen molar-refractivity contribution in [2.24, 2.45) is 0 Å². The summed E-state index contributed by atoms with van der Waals surface area (Å²) in [6, 6.07) is 2.23. The molecule has 36 heavy (non-hydrogen) atoms. The minimum absolute atomic E-state index is 0.111. The number of anilines is 1. The topological polar surface area (TPSA) is 96.3 Å². The number of carbonyl (C=O) groups is 2. The van der Waals surface area contributed by atoms with Gasteiger partial charge >= 0.3 is 12.2 Å². The number of alkyl halides is 3. The Morgan fingerprint density at radius 2 is 1.94 bits per heavy atom. The fourth-order valence-corrected chi connectivity index (χ4v) is 3.91. The van der Waals surface area contributed by atoms with Crippen LogP contribution in [-0.2, 0) is 0 Å². The molecule has 0 aliphatic carbocycles. The summed E-state index contributed by atoms with van der Waals surface area (Å²) >= 11 is 0. The van der Waals surface area contributed by atoms with Crippen LogP contribution in [0.3, 0.4) is 0 Å². The lowest BCUT2D eigenvalue weighted by Crippen LogP contribution is -2.46. The Morgan fingerprint density at radius 1 is 1.22 bits per heavy atom. The van der Waals surface area contributed by atoms with Crippen LogP contribution in [0.15, 0.2) is 41.3 Å². The molecule has 2 N–H and O–H groups in total. The zero-order valence-corrected chi connectivity index (χ0v) is 19.0. The summed E-state index contributed by atoms with van der Waals surface area (Å²) < 4.78 is 68.9. The summed E-state index contributed by atoms with van der Waals surface area (Å²) in [6.07, 6.45) is -4.39. The quantitative estimate of drug-likeness (QED) is 0.514. The number of hydrogen-bond acceptors (Lipinski definition) is 4. The molecule has 3 aromatic rings. The molecule has 1 saturated heterocycles. The Hall–Kier alpha value is -4.03. The van der Waals surface area contributed by atoms with Crippen LogP contribution in [0.2, 0.25) is 0 Å². The van der Waals surface area contributed by atoms with Crippen LogP contribution in [0.1, 0.15) is 30.6 Å². The first-order valence-electron chi connectivity index (χ1n) is 10.9. The predicted molar refractivity (Wildman–Crippen MR) is 120 cm³/mol. The predicted octanol–water partition coefficient (Wildman–Crippen LogP) is 3.65. The molecule has 1 aromatic carbocycles. The van der Waals surface area contributed by atoms with Crippen LogP contribution < -0.4 is 21.0 Å². The number of fused-ring (bicyclic) bond motifs is 1. The molecule has 8 nitrogen and oxygen atoms in total. The van der Waals surface area contributed by atoms with Crippen molar-refractivity contribution in [2.45, 2.75) is 38.5 Å². The van der Waals surface area contributed by atoms with Gasteiger partial charge in [-0.3, -0.25) is 19.1 Å². The van der Waals surface area contributed by atoms with Crippen molar-refractivity contribution in [3.63, 3.8) is 0 Å². The molecule has 3 heterocycles. The smallest absolute Gasteiger partial charge is 0.340 e. The molecule has 1 aliphatic rings. The van der Waals surface area contributed by atoms with Gasteiger partial charge in [-0.15, -0.1) is 0 Å². The van der Waals surface area contributed by atoms with E-state index in [9.17, 15) is 36.3 Å². The van der Waals surface area contributed by atoms with Gasteiger partial charge in [-0.2, -0.15) is 13.2 Å². The summed E-state index contributed by atoms with van der Waals surface area (Å²) in [4.78, 5) is 43.7. The van der Waals surface area contributed by atoms with Gasteiger partial charge in [-0.1, -0.05) is 6.92 Å². The van der Waals surface area contributed by atoms with E-state index < -0.39 is 53.2 Å². The van der Waals surface area contributed by atoms with Crippen LogP contribution in [0, 0.1) is 11.6 Å². The first kappa shape index (κ1) is 25.1. The Labute approximate surface area is 200 Å². The maximum atomic E-state index is 14.7. The second-order valence-electron chi connectivity index (χ2n) is 8.32. The largest absolute Gasteiger partial charge is 0.408 e. The number of rotatable bonds is 5. The number of amides is 3. The van der Waals surface area contributed by atoms with E-state index in [1.54, 1.807) is 12.2 Å². The zero-order valence-electron chi connectivity index (χ0n) is 19.0. The molecule has 1 fully saturated rings. The maximum absolute atomic E-state index is 14.7. The van der Waals surface area contributed by atoms with Crippen LogP contribution >= 0.6 is 0 Å². The second-order valence-corrected chi connectivity index (χ2v) is 8.32. The average Bonchev–Trinajstić information content (AvgIpc) is 3.14. The Bertz CT molecular complexity index is 1420. The SMILES string of the molecule is CCC(NC(=O)c1cn(-c2ccc(F)cc2F)c2nc(N3CC(C)NC3=O)ccc2c1=O)C(F)(F)F. The fourth-order valence-electron chi connectivity index (χ4n) is 3.91. The van der Waals surface area contributed by atoms with Crippen molar-refractivity contribution < 1.29 is 31.5 Å². The second kappa shape index (κ2) is 9.21. The van der Waals surface area contributed by atoms with Crippen molar-refractivity contribution >= 4 is 28.8 Å². The highest BCUT2D eigenvalue weighted by atomic mass is 19.4. The molecule has 0 radical (unpaired) electrons. The number of benzene rings is 1. The van der Waals surface area contributed by atoms with Crippen molar-refractivity contribution in [3.05, 3.63) is 63.9 Å². The van der Waals surface area contributed by atoms with Crippen molar-refractivity contribution in [3.8, 4) is 5.69 Å². The van der Waals surface area contributed by atoms with Crippen molar-refractivity contribution in [1.29, 1.82) is 0 Å². The number of nitrogens with zero attached hydrogens (tertiary/aromatic N) is 3. The van der Waals surface area contributed by atoms with Gasteiger partial charge in [0.2, 0.25) is 5.43 Å². The molecule has 2 unspecified atom stereocenters. The Morgan fingerprint density at radius 3 is 2.53 bits per heavy atom. The molecular formula is C23H20F5N5O3. The minimum atomic E-state index is -4.76. The summed E-state index contributed by atoms with van der Waals surface area (Å²) in [5, 5.41) is 4.24. The van der Waals surface area contributed by atoms with E-state index >= 15 is 0 Å². The fraction of sp³-hybridized carbons (Fsp3) is 0.304. The van der Waals surface area contributed by atoms with E-state index in [1.165, 1.54) is 24.0 Å². The van der Waals surface area contributed by atoms with Gasteiger partial charge in [0, 0.05) is 24.8 Å². The number of pyridine rings is 2. The van der Waals surface area contributed by atoms with Gasteiger partial charge < -0.3 is 10.6 Å². The average molecular weight is 509 g/mol. The highest BCUT2D eigenvalue weighted by Crippen LogP contribution is 2.25. The molecular weight excluding hydrogens is 489 g/mol. The van der Waals surface area contributed by atoms with E-state index in [0.29, 0.717) is 6.07 Å². The molecule has 3 amide bonds. The molecule has 1 aliphatic heterocycles. The van der Waals surface area contributed by atoms with Crippen LogP contribution in [-0.4, -0.2) is 46.3 Å². The molecule has 4 rings (SSSR count). The van der Waals surface area contributed by atoms with Gasteiger partial charge in [0.05, 0.1) is 11.1 Å². The van der Waals surface area contributed by atoms with E-state index in [2.05, 4.69) is 10.3 Å². The summed E-state index contributed by atoms with van der Waals surface area (Å²) in [6.45, 7) is 3.23. The van der Waals surface area contributed by atoms with Gasteiger partial charge in [-0.25, -0.2) is 18.6 Å². The van der Waals surface area contributed by atoms with E-state index in [-0.39, 0.29) is 35.1 Å². The van der Waals surface area contributed by atoms with E-state index in [4.69, 9.17) is 0 Å². The van der Waals surface area contributed by atoms with Gasteiger partial charge in [0.25, 0.3) is 5.91 Å². The molecule has 0 spiro atoms. The lowest BCUT2D eigenvalue weighted by molar-refractivity contribution is -0.153. The Balaban J connectivity index is 1.92. The first-order chi connectivity index (χ1) is 16.9. The van der Waals surface area contributed by atoms with Gasteiger partial charge in [0.15, 0.2) is 5.65 Å². The number of aromatic nitrogens is 2. The highest BCUT2D eigenvalue weighted by Gasteiger charge is 2.40. The normalized spacial score (nSPS) is 16.8. The molecule has 13 heteroatoms. The first-order valence-corrected chi connectivity index (χ1v) is 10.9. The highest BCUT2D eigenvalue weighted by molar-refractivity contribution is 5.98. The number of hydrogen-bond donors (Lipinski definition) is 2. The molecule has 190 valence electrons. The minimum Gasteiger partial charge on any atom is -0.340 e. The maximum Gasteiger partial charge on any atom is 0.408 e. The zero-order chi connectivity index (χ0) is 26.4. The number of nitrogens with one attached hydrogen (secondary N) is 2. The monoisotopic (exact) mass is 509 g/mol. The Kier molecular flexibility index (Phi) is 6.41. The number of urea groups is 1. The van der Waals surface area contributed by atoms with Crippen LogP contribution in [0.25, 0.3) is 16.7 Å². The van der Waals surface area contributed by atoms with Crippen LogP contribution in [0.4, 0.5) is 32.6 Å². The van der Waals surface area contributed by atoms with E-state index in [1.807, 2.05) is 0 Å². The lowest BCUT2D eigenvalue weighted by Gasteiger charge is -2.21. The summed E-state index contributed by atoms with van der Waals surface area (Å²) in [5.74, 6) is -3.18. The van der Waals surface area contributed by atoms with Gasteiger partial charge in [0.1, 0.15) is 29.1 Å². The third-order valence-corrected chi connectivity index (χ3v) is 5.71. The third kappa shape index (κ3) is 4.60. The van der Waals surface area contributed by atoms with Crippen LogP contribution in [0.5, 0.6) is 0 Å². The number of carbonyl (C=O) groups excluding carboxylic acids is 2. The summed E-state index contributed by atoms with van der Waals surface area (Å²) in [7, 11) is 0. The van der Waals surface area contributed by atoms with Gasteiger partial charge in [-0.05, 0) is 37.6 Å². The summed E-state index contributed by atoms with van der Waals surface area (Å²) in [5.41, 5.74) is -2.15. The third-order valence-electron chi connectivity index (χ3n) is 5.71. The molecule has 0 bridgehead atoms.